The summed E-state index contributed by atoms with van der Waals surface area (Å²) in [6.07, 6.45) is 3.57. The Morgan fingerprint density at radius 1 is 1.08 bits per heavy atom. The first-order valence-electron chi connectivity index (χ1n) is 3.94. The van der Waals surface area contributed by atoms with Gasteiger partial charge in [-0.25, -0.2) is 0 Å². The topological polar surface area (TPSA) is 47.7 Å². The lowest BCUT2D eigenvalue weighted by Gasteiger charge is -2.02. The third-order valence-electron chi connectivity index (χ3n) is 1.42. The molecule has 0 aromatic heterocycles. The number of hydrogen-bond donors (Lipinski definition) is 2. The van der Waals surface area contributed by atoms with Crippen molar-refractivity contribution in [1.82, 2.24) is 0 Å². The smallest absolute Gasteiger partial charge is 0.0626 e. The van der Waals surface area contributed by atoms with E-state index in [1.165, 1.54) is 0 Å². The Balaban J connectivity index is 4.69. The predicted molar refractivity (Wildman–Crippen MR) is 54.3 cm³/mol. The third kappa shape index (κ3) is 3.28. The first-order chi connectivity index (χ1) is 5.49. The minimum atomic E-state index is 0.421. The predicted octanol–water partition coefficient (Wildman–Crippen LogP) is 2.96. The molecule has 0 fully saturated rings. The van der Waals surface area contributed by atoms with Gasteiger partial charge in [0.25, 0.3) is 0 Å². The first kappa shape index (κ1) is 10.8. The largest absolute Gasteiger partial charge is 0.305 e. The zero-order valence-electron chi connectivity index (χ0n) is 8.15. The molecule has 0 rings (SSSR count). The van der Waals surface area contributed by atoms with E-state index >= 15 is 0 Å². The highest BCUT2D eigenvalue weighted by atomic mass is 14.5. The average molecular weight is 164 g/mol. The van der Waals surface area contributed by atoms with E-state index in [2.05, 4.69) is 0 Å². The Morgan fingerprint density at radius 3 is 1.83 bits per heavy atom. The van der Waals surface area contributed by atoms with Crippen molar-refractivity contribution in [3.05, 3.63) is 23.3 Å². The summed E-state index contributed by atoms with van der Waals surface area (Å²) < 4.78 is 0. The molecule has 0 aromatic carbocycles. The SMILES string of the molecule is C/C=C(/C(C)=N)C(=N)C=C(C)C. The summed E-state index contributed by atoms with van der Waals surface area (Å²) in [4.78, 5) is 0. The van der Waals surface area contributed by atoms with Gasteiger partial charge in [-0.05, 0) is 33.8 Å². The highest BCUT2D eigenvalue weighted by Gasteiger charge is 2.02. The van der Waals surface area contributed by atoms with Crippen molar-refractivity contribution in [3.8, 4) is 0 Å². The molecule has 0 amide bonds. The van der Waals surface area contributed by atoms with Gasteiger partial charge in [-0.3, -0.25) is 0 Å². The molecule has 0 bridgehead atoms. The molecule has 0 aliphatic heterocycles. The van der Waals surface area contributed by atoms with Crippen molar-refractivity contribution in [2.75, 3.05) is 0 Å². The lowest BCUT2D eigenvalue weighted by molar-refractivity contribution is 1.38. The summed E-state index contributed by atoms with van der Waals surface area (Å²) in [6, 6.07) is 0. The molecule has 2 N–H and O–H groups in total. The van der Waals surface area contributed by atoms with E-state index in [0.717, 1.165) is 5.57 Å². The van der Waals surface area contributed by atoms with Crippen LogP contribution in [0.5, 0.6) is 0 Å². The molecule has 0 atom stereocenters. The Bertz CT molecular complexity index is 253. The molecule has 2 nitrogen and oxygen atoms in total. The average Bonchev–Trinajstić information content (AvgIpc) is 1.85. The second kappa shape index (κ2) is 4.65. The molecule has 66 valence electrons. The summed E-state index contributed by atoms with van der Waals surface area (Å²) in [7, 11) is 0. The quantitative estimate of drug-likeness (QED) is 0.602. The van der Waals surface area contributed by atoms with Gasteiger partial charge in [0.1, 0.15) is 0 Å². The molecule has 0 radical (unpaired) electrons. The molecule has 0 aliphatic carbocycles. The second-order valence-corrected chi connectivity index (χ2v) is 2.96. The maximum atomic E-state index is 7.62. The maximum absolute atomic E-state index is 7.62. The van der Waals surface area contributed by atoms with Crippen LogP contribution in [-0.4, -0.2) is 11.4 Å². The van der Waals surface area contributed by atoms with Crippen LogP contribution in [0.2, 0.25) is 0 Å². The van der Waals surface area contributed by atoms with Crippen LogP contribution in [-0.2, 0) is 0 Å². The maximum Gasteiger partial charge on any atom is 0.0626 e. The number of rotatable bonds is 3. The Kier molecular flexibility index (Phi) is 4.19. The fraction of sp³-hybridized carbons (Fsp3) is 0.400. The fourth-order valence-electron chi connectivity index (χ4n) is 0.940. The van der Waals surface area contributed by atoms with Gasteiger partial charge in [0.2, 0.25) is 0 Å². The van der Waals surface area contributed by atoms with Gasteiger partial charge in [0.05, 0.1) is 5.71 Å². The summed E-state index contributed by atoms with van der Waals surface area (Å²) in [5.41, 5.74) is 2.65. The lowest BCUT2D eigenvalue weighted by Crippen LogP contribution is -2.05. The lowest BCUT2D eigenvalue weighted by atomic mass is 10.0. The van der Waals surface area contributed by atoms with E-state index < -0.39 is 0 Å². The van der Waals surface area contributed by atoms with Gasteiger partial charge in [-0.15, -0.1) is 0 Å². The van der Waals surface area contributed by atoms with Crippen LogP contribution in [0.4, 0.5) is 0 Å². The Morgan fingerprint density at radius 2 is 1.58 bits per heavy atom. The minimum Gasteiger partial charge on any atom is -0.305 e. The van der Waals surface area contributed by atoms with E-state index in [0.29, 0.717) is 17.0 Å². The molecular formula is C10H16N2. The summed E-state index contributed by atoms with van der Waals surface area (Å²) in [5, 5.41) is 15.0. The Hall–Kier alpha value is -1.18. The Labute approximate surface area is 74.0 Å². The number of allylic oxidation sites excluding steroid dienone is 4. The van der Waals surface area contributed by atoms with Gasteiger partial charge in [0.15, 0.2) is 0 Å². The van der Waals surface area contributed by atoms with E-state index in [4.69, 9.17) is 10.8 Å². The monoisotopic (exact) mass is 164 g/mol. The van der Waals surface area contributed by atoms with Gasteiger partial charge < -0.3 is 10.8 Å². The number of hydrogen-bond acceptors (Lipinski definition) is 2. The van der Waals surface area contributed by atoms with Crippen molar-refractivity contribution >= 4 is 11.4 Å². The van der Waals surface area contributed by atoms with Gasteiger partial charge in [-0.1, -0.05) is 11.6 Å². The number of nitrogens with one attached hydrogen (secondary N) is 2. The molecule has 0 aromatic rings. The first-order valence-corrected chi connectivity index (χ1v) is 3.94. The highest BCUT2D eigenvalue weighted by molar-refractivity contribution is 6.25. The zero-order valence-corrected chi connectivity index (χ0v) is 8.15. The van der Waals surface area contributed by atoms with Gasteiger partial charge in [0, 0.05) is 11.3 Å². The van der Waals surface area contributed by atoms with Gasteiger partial charge >= 0.3 is 0 Å². The fourth-order valence-corrected chi connectivity index (χ4v) is 0.940. The van der Waals surface area contributed by atoms with Crippen LogP contribution in [0.25, 0.3) is 0 Å². The van der Waals surface area contributed by atoms with Crippen LogP contribution < -0.4 is 0 Å². The van der Waals surface area contributed by atoms with Crippen LogP contribution in [0.3, 0.4) is 0 Å². The minimum absolute atomic E-state index is 0.421. The molecule has 0 spiro atoms. The molecule has 0 saturated heterocycles. The van der Waals surface area contributed by atoms with Crippen LogP contribution in [0.1, 0.15) is 27.7 Å². The molecular weight excluding hydrogens is 148 g/mol. The van der Waals surface area contributed by atoms with Crippen molar-refractivity contribution in [3.63, 3.8) is 0 Å². The van der Waals surface area contributed by atoms with Crippen LogP contribution in [0.15, 0.2) is 23.3 Å². The molecule has 2 heteroatoms. The standard InChI is InChI=1S/C10H16N2/c1-5-9(8(4)11)10(12)6-7(2)3/h5-6,11-12H,1-4H3/b9-5-,11-8?,12-10?. The van der Waals surface area contributed by atoms with Crippen LogP contribution in [0, 0.1) is 10.8 Å². The second-order valence-electron chi connectivity index (χ2n) is 2.96. The highest BCUT2D eigenvalue weighted by Crippen LogP contribution is 2.02. The normalized spacial score (nSPS) is 10.8. The molecule has 0 heterocycles. The van der Waals surface area contributed by atoms with Crippen LogP contribution >= 0.6 is 0 Å². The van der Waals surface area contributed by atoms with E-state index in [9.17, 15) is 0 Å². The summed E-state index contributed by atoms with van der Waals surface area (Å²) in [5.74, 6) is 0. The molecule has 0 unspecified atom stereocenters. The third-order valence-corrected chi connectivity index (χ3v) is 1.42. The van der Waals surface area contributed by atoms with Crippen molar-refractivity contribution in [2.24, 2.45) is 0 Å². The van der Waals surface area contributed by atoms with E-state index in [1.54, 1.807) is 19.1 Å². The summed E-state index contributed by atoms with van der Waals surface area (Å²) >= 11 is 0. The van der Waals surface area contributed by atoms with Crippen molar-refractivity contribution < 1.29 is 0 Å². The van der Waals surface area contributed by atoms with E-state index in [-0.39, 0.29) is 0 Å². The molecule has 0 aliphatic rings. The van der Waals surface area contributed by atoms with E-state index in [1.807, 2.05) is 20.8 Å². The van der Waals surface area contributed by atoms with Crippen molar-refractivity contribution in [1.29, 1.82) is 10.8 Å². The van der Waals surface area contributed by atoms with Crippen molar-refractivity contribution in [2.45, 2.75) is 27.7 Å². The zero-order chi connectivity index (χ0) is 9.72. The van der Waals surface area contributed by atoms with Gasteiger partial charge in [-0.2, -0.15) is 0 Å². The summed E-state index contributed by atoms with van der Waals surface area (Å²) in [6.45, 7) is 7.44. The molecule has 0 saturated carbocycles. The molecule has 12 heavy (non-hydrogen) atoms.